The summed E-state index contributed by atoms with van der Waals surface area (Å²) in [4.78, 5) is 28.3. The number of nitrogens with zero attached hydrogens (tertiary/aromatic N) is 3. The van der Waals surface area contributed by atoms with Gasteiger partial charge in [-0.2, -0.15) is 4.31 Å². The third kappa shape index (κ3) is 4.72. The molecule has 0 aromatic heterocycles. The lowest BCUT2D eigenvalue weighted by atomic mass is 10.1. The predicted molar refractivity (Wildman–Crippen MR) is 115 cm³/mol. The summed E-state index contributed by atoms with van der Waals surface area (Å²) in [6.45, 7) is 8.71. The van der Waals surface area contributed by atoms with Crippen LogP contribution in [0, 0.1) is 0 Å². The summed E-state index contributed by atoms with van der Waals surface area (Å²) in [6.07, 6.45) is -0.492. The average molecular weight is 490 g/mol. The maximum absolute atomic E-state index is 12.5. The molecule has 2 heterocycles. The number of carbonyl (C=O) groups is 2. The van der Waals surface area contributed by atoms with Crippen molar-refractivity contribution >= 4 is 38.7 Å². The molecule has 3 rings (SSSR count). The number of rotatable bonds is 3. The molecule has 1 aromatic rings. The van der Waals surface area contributed by atoms with Crippen molar-refractivity contribution in [1.82, 2.24) is 14.1 Å². The van der Waals surface area contributed by atoms with Crippen molar-refractivity contribution in [2.75, 3.05) is 32.7 Å². The third-order valence-corrected chi connectivity index (χ3v) is 7.64. The van der Waals surface area contributed by atoms with Crippen molar-refractivity contribution in [2.24, 2.45) is 0 Å². The van der Waals surface area contributed by atoms with Crippen molar-refractivity contribution in [3.63, 3.8) is 0 Å². The highest BCUT2D eigenvalue weighted by Crippen LogP contribution is 2.63. The summed E-state index contributed by atoms with van der Waals surface area (Å²) < 4.78 is 29.4. The normalized spacial score (nSPS) is 23.1. The number of benzene rings is 1. The van der Waals surface area contributed by atoms with Crippen molar-refractivity contribution in [2.45, 2.75) is 44.2 Å². The van der Waals surface area contributed by atoms with Gasteiger partial charge in [0, 0.05) is 30.7 Å². The molecule has 0 aliphatic carbocycles. The Morgan fingerprint density at radius 2 is 1.97 bits per heavy atom. The van der Waals surface area contributed by atoms with Crippen LogP contribution in [0.15, 0.2) is 27.6 Å². The summed E-state index contributed by atoms with van der Waals surface area (Å²) in [7, 11) is -3.09. The molecule has 29 heavy (non-hydrogen) atoms. The lowest BCUT2D eigenvalue weighted by Crippen LogP contribution is -2.54. The first-order valence-corrected chi connectivity index (χ1v) is 11.8. The number of hydrogen-bond acceptors (Lipinski definition) is 6. The molecule has 0 bridgehead atoms. The number of hydrogen-bond donors (Lipinski definition) is 2. The molecule has 8 nitrogen and oxygen atoms in total. The van der Waals surface area contributed by atoms with E-state index in [9.17, 15) is 18.7 Å². The minimum absolute atomic E-state index is 0.0338. The van der Waals surface area contributed by atoms with Crippen molar-refractivity contribution < 1.29 is 23.4 Å². The molecule has 0 saturated carbocycles. The fraction of sp³-hybridized carbons (Fsp3) is 0.579. The number of halogens is 1. The van der Waals surface area contributed by atoms with Gasteiger partial charge in [-0.3, -0.25) is 18.8 Å². The molecule has 162 valence electrons. The Morgan fingerprint density at radius 1 is 1.28 bits per heavy atom. The van der Waals surface area contributed by atoms with Crippen LogP contribution in [0.3, 0.4) is 0 Å². The van der Waals surface area contributed by atoms with Gasteiger partial charge in [-0.15, -0.1) is 10.8 Å². The van der Waals surface area contributed by atoms with Crippen LogP contribution in [0.25, 0.3) is 0 Å². The van der Waals surface area contributed by atoms with Gasteiger partial charge < -0.3 is 9.64 Å². The Balaban J connectivity index is 1.60. The second-order valence-corrected chi connectivity index (χ2v) is 11.2. The van der Waals surface area contributed by atoms with E-state index in [4.69, 9.17) is 4.74 Å². The smallest absolute Gasteiger partial charge is 0.410 e. The molecule has 1 atom stereocenters. The van der Waals surface area contributed by atoms with E-state index < -0.39 is 22.5 Å². The van der Waals surface area contributed by atoms with Gasteiger partial charge >= 0.3 is 6.09 Å². The predicted octanol–water partition coefficient (Wildman–Crippen LogP) is 3.93. The largest absolute Gasteiger partial charge is 0.444 e. The molecule has 2 N–H and O–H groups in total. The van der Waals surface area contributed by atoms with E-state index in [1.165, 1.54) is 4.90 Å². The fourth-order valence-electron chi connectivity index (χ4n) is 3.56. The van der Waals surface area contributed by atoms with E-state index in [1.807, 2.05) is 13.0 Å². The molecule has 1 aromatic carbocycles. The molecule has 0 spiro atoms. The van der Waals surface area contributed by atoms with E-state index in [-0.39, 0.29) is 18.5 Å². The molecule has 1 unspecified atom stereocenters. The number of carbonyl (C=O) groups excluding carboxylic acids is 2. The zero-order valence-corrected chi connectivity index (χ0v) is 19.5. The Morgan fingerprint density at radius 3 is 2.59 bits per heavy atom. The van der Waals surface area contributed by atoms with Crippen LogP contribution < -0.4 is 0 Å². The summed E-state index contributed by atoms with van der Waals surface area (Å²) in [5.74, 6) is -0.175. The summed E-state index contributed by atoms with van der Waals surface area (Å²) in [5.41, 5.74) is 0.266. The van der Waals surface area contributed by atoms with Crippen molar-refractivity contribution in [3.8, 4) is 0 Å². The first-order chi connectivity index (χ1) is 13.4. The highest BCUT2D eigenvalue weighted by Gasteiger charge is 2.41. The van der Waals surface area contributed by atoms with Crippen LogP contribution in [0.4, 0.5) is 4.79 Å². The van der Waals surface area contributed by atoms with E-state index in [2.05, 4.69) is 15.9 Å². The number of ether oxygens (including phenoxy) is 1. The maximum Gasteiger partial charge on any atom is 0.410 e. The van der Waals surface area contributed by atoms with Gasteiger partial charge in [0.25, 0.3) is 0 Å². The van der Waals surface area contributed by atoms with E-state index >= 15 is 0 Å². The van der Waals surface area contributed by atoms with Crippen LogP contribution in [-0.2, 0) is 9.53 Å². The summed E-state index contributed by atoms with van der Waals surface area (Å²) in [6, 6.07) is 5.25. The first-order valence-electron chi connectivity index (χ1n) is 9.50. The number of amides is 2. The second-order valence-electron chi connectivity index (χ2n) is 8.30. The standard InChI is InChI=1S/C19H28BrN3O5S/c1-13-15-11-14(20)5-6-16(15)29(26,27)23(13)10-9-21-7-8-22(12-17(21)24)18(25)28-19(2,3)4/h5-6,11,13,26-27H,7-10,12H2,1-4H3. The van der Waals surface area contributed by atoms with Crippen molar-refractivity contribution in [3.05, 3.63) is 28.2 Å². The highest BCUT2D eigenvalue weighted by atomic mass is 79.9. The van der Waals surface area contributed by atoms with Crippen LogP contribution in [0.2, 0.25) is 0 Å². The molecule has 1 saturated heterocycles. The van der Waals surface area contributed by atoms with Gasteiger partial charge in [0.2, 0.25) is 5.91 Å². The first kappa shape index (κ1) is 22.4. The van der Waals surface area contributed by atoms with Crippen LogP contribution in [0.1, 0.15) is 39.3 Å². The zero-order valence-electron chi connectivity index (χ0n) is 17.1. The Kier molecular flexibility index (Phi) is 6.22. The van der Waals surface area contributed by atoms with E-state index in [0.29, 0.717) is 31.1 Å². The maximum atomic E-state index is 12.5. The lowest BCUT2D eigenvalue weighted by molar-refractivity contribution is -0.136. The lowest BCUT2D eigenvalue weighted by Gasteiger charge is -2.41. The topological polar surface area (TPSA) is 93.6 Å². The number of fused-ring (bicyclic) bond motifs is 1. The van der Waals surface area contributed by atoms with E-state index in [1.54, 1.807) is 42.1 Å². The quantitative estimate of drug-likeness (QED) is 0.667. The van der Waals surface area contributed by atoms with Gasteiger partial charge in [0.1, 0.15) is 12.1 Å². The molecule has 2 amide bonds. The highest BCUT2D eigenvalue weighted by molar-refractivity contribution is 9.10. The fourth-order valence-corrected chi connectivity index (χ4v) is 5.88. The SMILES string of the molecule is CC1c2cc(Br)ccc2S(O)(O)N1CCN1CCN(C(=O)OC(C)(C)C)CC1=O. The van der Waals surface area contributed by atoms with E-state index in [0.717, 1.165) is 10.0 Å². The minimum atomic E-state index is -3.09. The Bertz CT molecular complexity index is 814. The molecular weight excluding hydrogens is 462 g/mol. The second kappa shape index (κ2) is 8.07. The molecule has 2 aliphatic rings. The average Bonchev–Trinajstić information content (AvgIpc) is 2.78. The van der Waals surface area contributed by atoms with Crippen LogP contribution in [-0.4, -0.2) is 73.5 Å². The summed E-state index contributed by atoms with van der Waals surface area (Å²) in [5, 5.41) is 0. The monoisotopic (exact) mass is 489 g/mol. The molecular formula is C19H28BrN3O5S. The zero-order chi connectivity index (χ0) is 21.6. The van der Waals surface area contributed by atoms with Crippen molar-refractivity contribution in [1.29, 1.82) is 0 Å². The van der Waals surface area contributed by atoms with Gasteiger partial charge in [0.15, 0.2) is 0 Å². The minimum Gasteiger partial charge on any atom is -0.444 e. The molecule has 0 radical (unpaired) electrons. The van der Waals surface area contributed by atoms with Gasteiger partial charge in [0.05, 0.1) is 10.9 Å². The Hall–Kier alpha value is -1.33. The third-order valence-electron chi connectivity index (χ3n) is 5.04. The number of piperazine rings is 1. The van der Waals surface area contributed by atoms with Gasteiger partial charge in [-0.25, -0.2) is 4.79 Å². The molecule has 1 fully saturated rings. The van der Waals surface area contributed by atoms with Gasteiger partial charge in [-0.05, 0) is 51.5 Å². The van der Waals surface area contributed by atoms with Crippen LogP contribution in [0.5, 0.6) is 0 Å². The Labute approximate surface area is 181 Å². The molecule has 10 heteroatoms. The summed E-state index contributed by atoms with van der Waals surface area (Å²) >= 11 is 3.43. The van der Waals surface area contributed by atoms with Crippen LogP contribution >= 0.6 is 26.7 Å². The van der Waals surface area contributed by atoms with Gasteiger partial charge in [-0.1, -0.05) is 15.9 Å². The molecule has 2 aliphatic heterocycles.